The molecule has 0 saturated carbocycles. The third-order valence-electron chi connectivity index (χ3n) is 2.42. The average molecular weight is 292 g/mol. The van der Waals surface area contributed by atoms with Gasteiger partial charge in [0.05, 0.1) is 19.4 Å². The Kier molecular flexibility index (Phi) is 4.52. The van der Waals surface area contributed by atoms with Crippen LogP contribution in [0.5, 0.6) is 11.5 Å². The van der Waals surface area contributed by atoms with E-state index in [0.29, 0.717) is 16.3 Å². The molecule has 0 spiro atoms. The van der Waals surface area contributed by atoms with Gasteiger partial charge in [-0.05, 0) is 49.8 Å². The van der Waals surface area contributed by atoms with E-state index in [1.54, 1.807) is 13.3 Å². The number of hydrogen-bond acceptors (Lipinski definition) is 5. The van der Waals surface area contributed by atoms with Gasteiger partial charge in [-0.1, -0.05) is 0 Å². The summed E-state index contributed by atoms with van der Waals surface area (Å²) in [5.41, 5.74) is 0.876. The number of benzene rings is 1. The van der Waals surface area contributed by atoms with Crippen LogP contribution in [0.4, 0.5) is 0 Å². The fraction of sp³-hybridized carbons (Fsp3) is 0.308. The molecule has 1 N–H and O–H groups in total. The molecule has 106 valence electrons. The summed E-state index contributed by atoms with van der Waals surface area (Å²) in [4.78, 5) is 0. The molecule has 7 heteroatoms. The Hall–Kier alpha value is -2.15. The summed E-state index contributed by atoms with van der Waals surface area (Å²) >= 11 is 5.00. The highest BCUT2D eigenvalue weighted by atomic mass is 32.1. The van der Waals surface area contributed by atoms with E-state index in [2.05, 4.69) is 15.3 Å². The Balaban J connectivity index is 2.23. The fourth-order valence-electron chi connectivity index (χ4n) is 1.57. The SMILES string of the molecule is COc1cc(/C=N/n2cn[nH]c2=S)ccc1OC(C)C. The Bertz CT molecular complexity index is 660. The van der Waals surface area contributed by atoms with Gasteiger partial charge in [0.2, 0.25) is 4.77 Å². The summed E-state index contributed by atoms with van der Waals surface area (Å²) in [6, 6.07) is 5.60. The standard InChI is InChI=1S/C13H16N4O2S/c1-9(2)19-11-5-4-10(6-12(11)18-3)7-15-17-8-14-16-13(17)20/h4-9H,1-3H3,(H,16,20)/b15-7+. The van der Waals surface area contributed by atoms with Crippen molar-refractivity contribution >= 4 is 18.4 Å². The first-order valence-corrected chi connectivity index (χ1v) is 6.52. The minimum atomic E-state index is 0.0904. The predicted octanol–water partition coefficient (Wildman–Crippen LogP) is 2.62. The van der Waals surface area contributed by atoms with Crippen molar-refractivity contribution in [2.75, 3.05) is 7.11 Å². The second-order valence-electron chi connectivity index (χ2n) is 4.33. The predicted molar refractivity (Wildman–Crippen MR) is 79.2 cm³/mol. The van der Waals surface area contributed by atoms with E-state index in [-0.39, 0.29) is 6.10 Å². The molecule has 2 rings (SSSR count). The quantitative estimate of drug-likeness (QED) is 0.679. The molecule has 0 fully saturated rings. The molecule has 0 aliphatic rings. The van der Waals surface area contributed by atoms with Crippen molar-refractivity contribution in [1.29, 1.82) is 0 Å². The minimum Gasteiger partial charge on any atom is -0.493 e. The maximum absolute atomic E-state index is 5.65. The van der Waals surface area contributed by atoms with Crippen LogP contribution in [-0.2, 0) is 0 Å². The Morgan fingerprint density at radius 3 is 2.80 bits per heavy atom. The molecule has 6 nitrogen and oxygen atoms in total. The molecule has 0 aliphatic carbocycles. The number of methoxy groups -OCH3 is 1. The van der Waals surface area contributed by atoms with Gasteiger partial charge >= 0.3 is 0 Å². The first kappa shape index (κ1) is 14.3. The fourth-order valence-corrected chi connectivity index (χ4v) is 1.72. The van der Waals surface area contributed by atoms with Crippen LogP contribution in [-0.4, -0.2) is 34.3 Å². The van der Waals surface area contributed by atoms with E-state index in [4.69, 9.17) is 21.7 Å². The summed E-state index contributed by atoms with van der Waals surface area (Å²) in [5.74, 6) is 1.37. The number of rotatable bonds is 5. The van der Waals surface area contributed by atoms with E-state index in [1.807, 2.05) is 32.0 Å². The minimum absolute atomic E-state index is 0.0904. The summed E-state index contributed by atoms with van der Waals surface area (Å²) in [6.07, 6.45) is 3.27. The largest absolute Gasteiger partial charge is 0.493 e. The summed E-state index contributed by atoms with van der Waals surface area (Å²) in [5, 5.41) is 10.6. The van der Waals surface area contributed by atoms with E-state index < -0.39 is 0 Å². The van der Waals surface area contributed by atoms with Crippen molar-refractivity contribution < 1.29 is 9.47 Å². The van der Waals surface area contributed by atoms with Gasteiger partial charge in [0.1, 0.15) is 6.33 Å². The lowest BCUT2D eigenvalue weighted by molar-refractivity contribution is 0.230. The summed E-state index contributed by atoms with van der Waals surface area (Å²) < 4.78 is 12.9. The van der Waals surface area contributed by atoms with Crippen LogP contribution in [0.2, 0.25) is 0 Å². The molecule has 0 amide bonds. The smallest absolute Gasteiger partial charge is 0.216 e. The summed E-state index contributed by atoms with van der Waals surface area (Å²) in [6.45, 7) is 3.94. The molecular weight excluding hydrogens is 276 g/mol. The number of nitrogens with zero attached hydrogens (tertiary/aromatic N) is 3. The van der Waals surface area contributed by atoms with Crippen LogP contribution in [0.1, 0.15) is 19.4 Å². The third kappa shape index (κ3) is 3.45. The van der Waals surface area contributed by atoms with Crippen LogP contribution in [0.15, 0.2) is 29.6 Å². The van der Waals surface area contributed by atoms with Crippen molar-refractivity contribution in [1.82, 2.24) is 14.9 Å². The van der Waals surface area contributed by atoms with Gasteiger partial charge in [0, 0.05) is 0 Å². The van der Waals surface area contributed by atoms with Crippen LogP contribution in [0.25, 0.3) is 0 Å². The highest BCUT2D eigenvalue weighted by Crippen LogP contribution is 2.28. The molecule has 0 bridgehead atoms. The number of nitrogens with one attached hydrogen (secondary N) is 1. The van der Waals surface area contributed by atoms with Crippen molar-refractivity contribution in [3.63, 3.8) is 0 Å². The lowest BCUT2D eigenvalue weighted by Crippen LogP contribution is -2.06. The monoisotopic (exact) mass is 292 g/mol. The topological polar surface area (TPSA) is 64.4 Å². The Labute approximate surface area is 122 Å². The molecular formula is C13H16N4O2S. The number of aromatic amines is 1. The third-order valence-corrected chi connectivity index (χ3v) is 2.70. The van der Waals surface area contributed by atoms with Gasteiger partial charge in [-0.3, -0.25) is 5.10 Å². The summed E-state index contributed by atoms with van der Waals surface area (Å²) in [7, 11) is 1.61. The number of aromatic nitrogens is 3. The molecule has 20 heavy (non-hydrogen) atoms. The molecule has 0 aliphatic heterocycles. The van der Waals surface area contributed by atoms with Crippen LogP contribution in [0.3, 0.4) is 0 Å². The van der Waals surface area contributed by atoms with Crippen molar-refractivity contribution in [2.45, 2.75) is 20.0 Å². The number of H-pyrrole nitrogens is 1. The molecule has 0 radical (unpaired) electrons. The second-order valence-corrected chi connectivity index (χ2v) is 4.71. The van der Waals surface area contributed by atoms with Gasteiger partial charge in [0.25, 0.3) is 0 Å². The van der Waals surface area contributed by atoms with Crippen LogP contribution < -0.4 is 9.47 Å². The number of ether oxygens (including phenoxy) is 2. The average Bonchev–Trinajstić information content (AvgIpc) is 2.82. The van der Waals surface area contributed by atoms with E-state index >= 15 is 0 Å². The van der Waals surface area contributed by atoms with Gasteiger partial charge in [-0.25, -0.2) is 0 Å². The van der Waals surface area contributed by atoms with Crippen molar-refractivity contribution in [3.8, 4) is 11.5 Å². The van der Waals surface area contributed by atoms with Gasteiger partial charge in [-0.2, -0.15) is 14.9 Å². The molecule has 1 aromatic carbocycles. The maximum Gasteiger partial charge on any atom is 0.216 e. The molecule has 1 aromatic heterocycles. The Morgan fingerprint density at radius 1 is 1.40 bits per heavy atom. The molecule has 0 atom stereocenters. The molecule has 0 saturated heterocycles. The van der Waals surface area contributed by atoms with Gasteiger partial charge < -0.3 is 9.47 Å². The van der Waals surface area contributed by atoms with Crippen LogP contribution in [0, 0.1) is 4.77 Å². The zero-order valence-corrected chi connectivity index (χ0v) is 12.3. The lowest BCUT2D eigenvalue weighted by atomic mass is 10.2. The van der Waals surface area contributed by atoms with Crippen molar-refractivity contribution in [3.05, 3.63) is 34.9 Å². The second kappa shape index (κ2) is 6.33. The number of hydrogen-bond donors (Lipinski definition) is 1. The molecule has 0 unspecified atom stereocenters. The normalized spacial score (nSPS) is 11.2. The molecule has 1 heterocycles. The van der Waals surface area contributed by atoms with E-state index in [9.17, 15) is 0 Å². The highest BCUT2D eigenvalue weighted by molar-refractivity contribution is 7.71. The zero-order valence-electron chi connectivity index (χ0n) is 11.5. The Morgan fingerprint density at radius 2 is 2.20 bits per heavy atom. The van der Waals surface area contributed by atoms with Crippen molar-refractivity contribution in [2.24, 2.45) is 5.10 Å². The van der Waals surface area contributed by atoms with Gasteiger partial charge in [0.15, 0.2) is 11.5 Å². The molecule has 2 aromatic rings. The van der Waals surface area contributed by atoms with Crippen LogP contribution >= 0.6 is 12.2 Å². The zero-order chi connectivity index (χ0) is 14.5. The van der Waals surface area contributed by atoms with Gasteiger partial charge in [-0.15, -0.1) is 0 Å². The lowest BCUT2D eigenvalue weighted by Gasteiger charge is -2.13. The first-order chi connectivity index (χ1) is 9.60. The van der Waals surface area contributed by atoms with E-state index in [0.717, 1.165) is 5.56 Å². The maximum atomic E-state index is 5.65. The first-order valence-electron chi connectivity index (χ1n) is 6.11. The highest BCUT2D eigenvalue weighted by Gasteiger charge is 2.06. The van der Waals surface area contributed by atoms with E-state index in [1.165, 1.54) is 11.0 Å².